The molecule has 1 aromatic rings. The summed E-state index contributed by atoms with van der Waals surface area (Å²) in [7, 11) is 0. The molecule has 1 aromatic carbocycles. The van der Waals surface area contributed by atoms with Crippen molar-refractivity contribution in [1.82, 2.24) is 0 Å². The van der Waals surface area contributed by atoms with Gasteiger partial charge >= 0.3 is 0 Å². The van der Waals surface area contributed by atoms with Gasteiger partial charge in [0.25, 0.3) is 0 Å². The van der Waals surface area contributed by atoms with Gasteiger partial charge in [0, 0.05) is 5.56 Å². The lowest BCUT2D eigenvalue weighted by Gasteiger charge is -2.14. The van der Waals surface area contributed by atoms with E-state index in [2.05, 4.69) is 0 Å². The van der Waals surface area contributed by atoms with Crippen LogP contribution in [-0.2, 0) is 4.79 Å². The zero-order valence-electron chi connectivity index (χ0n) is 7.49. The number of rotatable bonds is 0. The lowest BCUT2D eigenvalue weighted by Crippen LogP contribution is -2.12. The van der Waals surface area contributed by atoms with Crippen LogP contribution in [-0.4, -0.2) is 11.6 Å². The first-order valence-corrected chi connectivity index (χ1v) is 4.67. The molecule has 0 bridgehead atoms. The van der Waals surface area contributed by atoms with Gasteiger partial charge in [0.2, 0.25) is 11.6 Å². The Hall–Kier alpha value is -1.70. The molecular weight excluding hydrogens is 176 g/mol. The van der Waals surface area contributed by atoms with Gasteiger partial charge in [-0.1, -0.05) is 30.4 Å². The van der Waals surface area contributed by atoms with Crippen LogP contribution in [0.1, 0.15) is 33.8 Å². The summed E-state index contributed by atoms with van der Waals surface area (Å²) >= 11 is 0. The van der Waals surface area contributed by atoms with Crippen LogP contribution in [0, 0.1) is 0 Å². The number of allylic oxidation sites excluding steroid dienone is 1. The Morgan fingerprint density at radius 2 is 2.07 bits per heavy atom. The first-order valence-electron chi connectivity index (χ1n) is 4.67. The number of carbonyl (C=O) groups is 2. The second-order valence-corrected chi connectivity index (χ2v) is 3.69. The maximum Gasteiger partial charge on any atom is 0.229 e. The number of benzene rings is 1. The number of carbonyl (C=O) groups excluding carboxylic acids is 2. The topological polar surface area (TPSA) is 34.1 Å². The quantitative estimate of drug-likeness (QED) is 0.577. The van der Waals surface area contributed by atoms with E-state index in [1.54, 1.807) is 6.07 Å². The normalized spacial score (nSPS) is 22.7. The van der Waals surface area contributed by atoms with E-state index in [4.69, 9.17) is 0 Å². The molecule has 1 unspecified atom stereocenters. The lowest BCUT2D eigenvalue weighted by atomic mass is 9.88. The largest absolute Gasteiger partial charge is 0.290 e. The van der Waals surface area contributed by atoms with E-state index in [0.29, 0.717) is 12.0 Å². The van der Waals surface area contributed by atoms with E-state index in [-0.39, 0.29) is 17.5 Å². The predicted octanol–water partition coefficient (Wildman–Crippen LogP) is 1.95. The number of hydrogen-bond acceptors (Lipinski definition) is 2. The first kappa shape index (κ1) is 7.68. The molecule has 2 aliphatic carbocycles. The minimum absolute atomic E-state index is 0.196. The molecule has 0 amide bonds. The molecule has 2 nitrogen and oxygen atoms in total. The molecule has 14 heavy (non-hydrogen) atoms. The lowest BCUT2D eigenvalue weighted by molar-refractivity contribution is -0.115. The van der Waals surface area contributed by atoms with E-state index in [9.17, 15) is 9.59 Å². The summed E-state index contributed by atoms with van der Waals surface area (Å²) in [5.41, 5.74) is 2.59. The van der Waals surface area contributed by atoms with Crippen molar-refractivity contribution in [2.75, 3.05) is 0 Å². The summed E-state index contributed by atoms with van der Waals surface area (Å²) in [6.07, 6.45) is 4.63. The van der Waals surface area contributed by atoms with Crippen molar-refractivity contribution in [3.8, 4) is 0 Å². The maximum atomic E-state index is 11.6. The van der Waals surface area contributed by atoms with Gasteiger partial charge in [-0.2, -0.15) is 0 Å². The average Bonchev–Trinajstić information content (AvgIpc) is 2.47. The van der Waals surface area contributed by atoms with E-state index in [1.165, 1.54) is 0 Å². The molecule has 2 aliphatic rings. The molecule has 0 N–H and O–H groups in total. The van der Waals surface area contributed by atoms with Gasteiger partial charge in [0.15, 0.2) is 0 Å². The Balaban J connectivity index is 2.38. The molecule has 0 spiro atoms. The summed E-state index contributed by atoms with van der Waals surface area (Å²) < 4.78 is 0. The highest BCUT2D eigenvalue weighted by Gasteiger charge is 2.39. The fraction of sp³-hybridized carbons (Fsp3) is 0.167. The van der Waals surface area contributed by atoms with Crippen LogP contribution in [0.2, 0.25) is 0 Å². The van der Waals surface area contributed by atoms with Crippen molar-refractivity contribution in [1.29, 1.82) is 0 Å². The van der Waals surface area contributed by atoms with Crippen LogP contribution >= 0.6 is 0 Å². The zero-order valence-corrected chi connectivity index (χ0v) is 7.49. The molecular formula is C12H8O2. The van der Waals surface area contributed by atoms with E-state index < -0.39 is 0 Å². The summed E-state index contributed by atoms with van der Waals surface area (Å²) in [4.78, 5) is 23.2. The number of Topliss-reactive ketones (excluding diaryl/α,β-unsaturated/α-hetero) is 2. The summed E-state index contributed by atoms with van der Waals surface area (Å²) in [6.45, 7) is 0. The molecule has 0 aromatic heterocycles. The molecule has 1 atom stereocenters. The van der Waals surface area contributed by atoms with E-state index in [0.717, 1.165) is 11.1 Å². The van der Waals surface area contributed by atoms with E-state index >= 15 is 0 Å². The van der Waals surface area contributed by atoms with Crippen molar-refractivity contribution < 1.29 is 9.59 Å². The summed E-state index contributed by atoms with van der Waals surface area (Å²) in [5.74, 6) is -0.744. The Labute approximate surface area is 81.2 Å². The van der Waals surface area contributed by atoms with Crippen LogP contribution in [0.5, 0.6) is 0 Å². The third-order valence-corrected chi connectivity index (χ3v) is 2.94. The van der Waals surface area contributed by atoms with Crippen molar-refractivity contribution in [2.45, 2.75) is 12.3 Å². The van der Waals surface area contributed by atoms with Crippen molar-refractivity contribution in [3.63, 3.8) is 0 Å². The van der Waals surface area contributed by atoms with Gasteiger partial charge in [-0.25, -0.2) is 0 Å². The van der Waals surface area contributed by atoms with Crippen molar-refractivity contribution >= 4 is 17.6 Å². The molecule has 2 heteroatoms. The van der Waals surface area contributed by atoms with Crippen molar-refractivity contribution in [2.24, 2.45) is 0 Å². The van der Waals surface area contributed by atoms with Crippen LogP contribution < -0.4 is 0 Å². The number of ketones is 2. The molecule has 0 saturated carbocycles. The van der Waals surface area contributed by atoms with Gasteiger partial charge in [-0.15, -0.1) is 0 Å². The highest BCUT2D eigenvalue weighted by atomic mass is 16.2. The SMILES string of the molecule is O=C1C(=O)C2CC=Cc3cccc1c32. The Bertz CT molecular complexity index is 483. The van der Waals surface area contributed by atoms with Gasteiger partial charge in [-0.05, 0) is 17.5 Å². The summed E-state index contributed by atoms with van der Waals surface area (Å²) in [6, 6.07) is 5.53. The Kier molecular flexibility index (Phi) is 1.32. The molecule has 3 rings (SSSR count). The maximum absolute atomic E-state index is 11.6. The molecule has 68 valence electrons. The zero-order chi connectivity index (χ0) is 9.71. The summed E-state index contributed by atoms with van der Waals surface area (Å²) in [5, 5.41) is 0. The smallest absolute Gasteiger partial charge is 0.229 e. The van der Waals surface area contributed by atoms with Gasteiger partial charge in [0.1, 0.15) is 0 Å². The fourth-order valence-electron chi connectivity index (χ4n) is 2.29. The van der Waals surface area contributed by atoms with E-state index in [1.807, 2.05) is 24.3 Å². The van der Waals surface area contributed by atoms with Gasteiger partial charge < -0.3 is 0 Å². The molecule has 0 fully saturated rings. The molecule has 0 heterocycles. The minimum Gasteiger partial charge on any atom is -0.290 e. The predicted molar refractivity (Wildman–Crippen MR) is 52.2 cm³/mol. The van der Waals surface area contributed by atoms with Gasteiger partial charge in [0.05, 0.1) is 5.92 Å². The second kappa shape index (κ2) is 2.41. The monoisotopic (exact) mass is 184 g/mol. The van der Waals surface area contributed by atoms with Crippen LogP contribution in [0.3, 0.4) is 0 Å². The van der Waals surface area contributed by atoms with Crippen LogP contribution in [0.25, 0.3) is 6.08 Å². The van der Waals surface area contributed by atoms with Crippen LogP contribution in [0.4, 0.5) is 0 Å². The first-order chi connectivity index (χ1) is 6.79. The minimum atomic E-state index is -0.310. The highest BCUT2D eigenvalue weighted by Crippen LogP contribution is 2.38. The van der Waals surface area contributed by atoms with Gasteiger partial charge in [-0.3, -0.25) is 9.59 Å². The standard InChI is InChI=1S/C12H8O2/c13-11-8-5-1-3-7-4-2-6-9(10(7)8)12(11)14/h1-5,9H,6H2. The highest BCUT2D eigenvalue weighted by molar-refractivity contribution is 6.49. The third-order valence-electron chi connectivity index (χ3n) is 2.94. The second-order valence-electron chi connectivity index (χ2n) is 3.69. The molecule has 0 aliphatic heterocycles. The fourth-order valence-corrected chi connectivity index (χ4v) is 2.29. The Morgan fingerprint density at radius 3 is 2.93 bits per heavy atom. The van der Waals surface area contributed by atoms with Crippen molar-refractivity contribution in [3.05, 3.63) is 41.0 Å². The van der Waals surface area contributed by atoms with Crippen LogP contribution in [0.15, 0.2) is 24.3 Å². The molecule has 0 saturated heterocycles. The third kappa shape index (κ3) is 0.757. The molecule has 0 radical (unpaired) electrons. The Morgan fingerprint density at radius 1 is 1.21 bits per heavy atom. The number of hydrogen-bond donors (Lipinski definition) is 0. The average molecular weight is 184 g/mol.